The highest BCUT2D eigenvalue weighted by Crippen LogP contribution is 2.33. The van der Waals surface area contributed by atoms with Crippen LogP contribution in [0.4, 0.5) is 26.4 Å². The van der Waals surface area contributed by atoms with Crippen molar-refractivity contribution in [2.24, 2.45) is 5.92 Å². The number of hydrogen-bond donors (Lipinski definition) is 3. The third-order valence-electron chi connectivity index (χ3n) is 7.21. The number of amides is 2. The summed E-state index contributed by atoms with van der Waals surface area (Å²) in [5.41, 5.74) is 8.97. The topological polar surface area (TPSA) is 118 Å². The van der Waals surface area contributed by atoms with Crippen molar-refractivity contribution in [3.8, 4) is 0 Å². The monoisotopic (exact) mass is 543 g/mol. The Hall–Kier alpha value is -4.31. The van der Waals surface area contributed by atoms with Crippen molar-refractivity contribution in [2.45, 2.75) is 39.7 Å². The molecule has 0 saturated carbocycles. The third-order valence-corrected chi connectivity index (χ3v) is 7.21. The van der Waals surface area contributed by atoms with Crippen LogP contribution in [-0.2, 0) is 0 Å². The van der Waals surface area contributed by atoms with Crippen molar-refractivity contribution >= 4 is 40.0 Å². The molecule has 1 saturated heterocycles. The van der Waals surface area contributed by atoms with Crippen LogP contribution < -0.4 is 16.4 Å². The largest absolute Gasteiger partial charge is 0.383 e. The zero-order valence-electron chi connectivity index (χ0n) is 22.9. The number of aromatic nitrogens is 3. The van der Waals surface area contributed by atoms with Gasteiger partial charge < -0.3 is 25.8 Å². The van der Waals surface area contributed by atoms with Crippen LogP contribution in [0.25, 0.3) is 11.0 Å². The lowest BCUT2D eigenvalue weighted by Gasteiger charge is -2.33. The van der Waals surface area contributed by atoms with Crippen molar-refractivity contribution in [3.05, 3.63) is 77.5 Å². The lowest BCUT2D eigenvalue weighted by Crippen LogP contribution is -2.36. The number of aryl methyl sites for hydroxylation is 1. The van der Waals surface area contributed by atoms with Crippen molar-refractivity contribution in [3.63, 3.8) is 0 Å². The molecule has 1 aliphatic rings. The SMILES string of the molecule is Cc1ccc(F)c(NC(=O)Nc2cccc(C(=O)c3cn(C4CCN(CC(C)C)CC4)c4ncnc(N)c34)c2)c1. The van der Waals surface area contributed by atoms with E-state index in [-0.39, 0.29) is 23.3 Å². The van der Waals surface area contributed by atoms with Gasteiger partial charge in [0.2, 0.25) is 0 Å². The van der Waals surface area contributed by atoms with Gasteiger partial charge in [0.1, 0.15) is 23.6 Å². The number of nitrogens with one attached hydrogen (secondary N) is 2. The van der Waals surface area contributed by atoms with Gasteiger partial charge in [0.25, 0.3) is 0 Å². The zero-order chi connectivity index (χ0) is 28.4. The summed E-state index contributed by atoms with van der Waals surface area (Å²) in [6, 6.07) is 10.6. The van der Waals surface area contributed by atoms with Gasteiger partial charge in [0.05, 0.1) is 16.6 Å². The molecule has 0 unspecified atom stereocenters. The fourth-order valence-corrected chi connectivity index (χ4v) is 5.37. The van der Waals surface area contributed by atoms with Crippen LogP contribution >= 0.6 is 0 Å². The van der Waals surface area contributed by atoms with Crippen LogP contribution in [0.15, 0.2) is 55.0 Å². The van der Waals surface area contributed by atoms with Gasteiger partial charge in [0, 0.05) is 43.1 Å². The summed E-state index contributed by atoms with van der Waals surface area (Å²) in [7, 11) is 0. The molecule has 2 aromatic heterocycles. The molecule has 2 amide bonds. The van der Waals surface area contributed by atoms with Crippen molar-refractivity contribution in [1.82, 2.24) is 19.4 Å². The summed E-state index contributed by atoms with van der Waals surface area (Å²) in [5.74, 6) is 0.0710. The number of likely N-dealkylation sites (tertiary alicyclic amines) is 1. The number of ketones is 1. The molecular formula is C30H34FN7O2. The van der Waals surface area contributed by atoms with Gasteiger partial charge in [-0.2, -0.15) is 0 Å². The van der Waals surface area contributed by atoms with Crippen LogP contribution in [0.3, 0.4) is 0 Å². The highest BCUT2D eigenvalue weighted by molar-refractivity contribution is 6.18. The highest BCUT2D eigenvalue weighted by atomic mass is 19.1. The Balaban J connectivity index is 1.38. The molecule has 3 heterocycles. The predicted octanol–water partition coefficient (Wildman–Crippen LogP) is 5.63. The highest BCUT2D eigenvalue weighted by Gasteiger charge is 2.27. The number of hydrogen-bond acceptors (Lipinski definition) is 6. The molecule has 1 fully saturated rings. The minimum absolute atomic E-state index is 0.0723. The predicted molar refractivity (Wildman–Crippen MR) is 155 cm³/mol. The van der Waals surface area contributed by atoms with Gasteiger partial charge in [-0.15, -0.1) is 0 Å². The first-order valence-electron chi connectivity index (χ1n) is 13.5. The van der Waals surface area contributed by atoms with E-state index >= 15 is 0 Å². The first kappa shape index (κ1) is 27.3. The molecule has 0 spiro atoms. The van der Waals surface area contributed by atoms with Crippen LogP contribution in [0.1, 0.15) is 54.2 Å². The first-order chi connectivity index (χ1) is 19.2. The third kappa shape index (κ3) is 5.81. The van der Waals surface area contributed by atoms with Gasteiger partial charge in [-0.25, -0.2) is 19.2 Å². The van der Waals surface area contributed by atoms with Crippen LogP contribution in [0.2, 0.25) is 0 Å². The summed E-state index contributed by atoms with van der Waals surface area (Å²) < 4.78 is 16.1. The number of carbonyl (C=O) groups is 2. The number of carbonyl (C=O) groups excluding carboxylic acids is 2. The maximum Gasteiger partial charge on any atom is 0.323 e. The Morgan fingerprint density at radius 3 is 2.62 bits per heavy atom. The normalized spacial score (nSPS) is 14.5. The molecule has 0 atom stereocenters. The number of rotatable bonds is 7. The van der Waals surface area contributed by atoms with Crippen LogP contribution in [0.5, 0.6) is 0 Å². The number of urea groups is 1. The van der Waals surface area contributed by atoms with E-state index in [0.717, 1.165) is 38.0 Å². The van der Waals surface area contributed by atoms with E-state index in [0.29, 0.717) is 33.8 Å². The zero-order valence-corrected chi connectivity index (χ0v) is 22.9. The number of benzene rings is 2. The standard InChI is InChI=1S/C30H34FN7O2/c1-18(2)15-37-11-9-22(10-12-37)38-16-23(26-28(32)33-17-34-29(26)38)27(39)20-5-4-6-21(14-20)35-30(40)36-25-13-19(3)7-8-24(25)31/h4-8,13-14,16-18,22H,9-12,15H2,1-3H3,(H2,32,33,34)(H2,35,36,40). The Morgan fingerprint density at radius 1 is 1.10 bits per heavy atom. The van der Waals surface area contributed by atoms with E-state index in [4.69, 9.17) is 5.73 Å². The van der Waals surface area contributed by atoms with E-state index in [1.165, 1.54) is 12.4 Å². The van der Waals surface area contributed by atoms with E-state index in [1.807, 2.05) is 13.1 Å². The number of piperidine rings is 1. The average Bonchev–Trinajstić information content (AvgIpc) is 3.31. The van der Waals surface area contributed by atoms with E-state index in [9.17, 15) is 14.0 Å². The fraction of sp³-hybridized carbons (Fsp3) is 0.333. The van der Waals surface area contributed by atoms with Crippen molar-refractivity contribution < 1.29 is 14.0 Å². The van der Waals surface area contributed by atoms with E-state index < -0.39 is 11.8 Å². The smallest absolute Gasteiger partial charge is 0.323 e. The molecule has 0 aliphatic carbocycles. The van der Waals surface area contributed by atoms with Crippen molar-refractivity contribution in [1.29, 1.82) is 0 Å². The second kappa shape index (κ2) is 11.4. The minimum Gasteiger partial charge on any atom is -0.383 e. The van der Waals surface area contributed by atoms with Crippen LogP contribution in [0, 0.1) is 18.7 Å². The van der Waals surface area contributed by atoms with E-state index in [2.05, 4.69) is 43.9 Å². The lowest BCUT2D eigenvalue weighted by atomic mass is 10.0. The summed E-state index contributed by atoms with van der Waals surface area (Å²) >= 11 is 0. The van der Waals surface area contributed by atoms with Crippen LogP contribution in [-0.4, -0.2) is 50.9 Å². The van der Waals surface area contributed by atoms with Gasteiger partial charge in [-0.3, -0.25) is 4.79 Å². The average molecular weight is 544 g/mol. The molecular weight excluding hydrogens is 509 g/mol. The summed E-state index contributed by atoms with van der Waals surface area (Å²) in [5, 5.41) is 5.72. The lowest BCUT2D eigenvalue weighted by molar-refractivity contribution is 0.103. The number of nitrogens with zero attached hydrogens (tertiary/aromatic N) is 4. The first-order valence-corrected chi connectivity index (χ1v) is 13.5. The molecule has 4 N–H and O–H groups in total. The second-order valence-corrected chi connectivity index (χ2v) is 10.8. The maximum absolute atomic E-state index is 14.1. The molecule has 2 aromatic carbocycles. The second-order valence-electron chi connectivity index (χ2n) is 10.8. The van der Waals surface area contributed by atoms with Gasteiger partial charge in [-0.1, -0.05) is 32.0 Å². The number of halogens is 1. The summed E-state index contributed by atoms with van der Waals surface area (Å²) in [6.07, 6.45) is 5.17. The quantitative estimate of drug-likeness (QED) is 0.260. The molecule has 40 heavy (non-hydrogen) atoms. The molecule has 4 aromatic rings. The fourth-order valence-electron chi connectivity index (χ4n) is 5.37. The molecule has 0 radical (unpaired) electrons. The number of fused-ring (bicyclic) bond motifs is 1. The van der Waals surface area contributed by atoms with E-state index in [1.54, 1.807) is 36.4 Å². The Labute approximate surface area is 232 Å². The molecule has 1 aliphatic heterocycles. The molecule has 208 valence electrons. The van der Waals surface area contributed by atoms with Gasteiger partial charge >= 0.3 is 6.03 Å². The van der Waals surface area contributed by atoms with Gasteiger partial charge in [-0.05, 0) is 55.5 Å². The molecule has 9 nitrogen and oxygen atoms in total. The molecule has 10 heteroatoms. The number of nitrogens with two attached hydrogens (primary N) is 1. The summed E-state index contributed by atoms with van der Waals surface area (Å²) in [6.45, 7) is 9.29. The molecule has 0 bridgehead atoms. The Kier molecular flexibility index (Phi) is 7.79. The Bertz CT molecular complexity index is 1560. The van der Waals surface area contributed by atoms with Crippen molar-refractivity contribution in [2.75, 3.05) is 36.0 Å². The molecule has 5 rings (SSSR count). The Morgan fingerprint density at radius 2 is 1.88 bits per heavy atom. The summed E-state index contributed by atoms with van der Waals surface area (Å²) in [4.78, 5) is 37.5. The maximum atomic E-state index is 14.1. The number of nitrogen functional groups attached to an aromatic ring is 1. The van der Waals surface area contributed by atoms with Gasteiger partial charge in [0.15, 0.2) is 5.78 Å². The number of anilines is 3. The minimum atomic E-state index is -0.618.